The molecule has 27 heavy (non-hydrogen) atoms. The Kier molecular flexibility index (Phi) is 4.76. The van der Waals surface area contributed by atoms with Gasteiger partial charge in [0.05, 0.1) is 9.79 Å². The van der Waals surface area contributed by atoms with Crippen molar-refractivity contribution in [2.75, 3.05) is 13.3 Å². The van der Waals surface area contributed by atoms with E-state index in [0.717, 1.165) is 26.9 Å². The Bertz CT molecular complexity index is 1110. The molecule has 7 heteroatoms. The summed E-state index contributed by atoms with van der Waals surface area (Å²) in [6, 6.07) is 18.9. The molecule has 0 amide bonds. The highest BCUT2D eigenvalue weighted by atomic mass is 32.2. The van der Waals surface area contributed by atoms with Gasteiger partial charge in [-0.05, 0) is 54.6 Å². The number of hydrogen-bond acceptors (Lipinski definition) is 5. The maximum Gasteiger partial charge on any atom is 0.343 e. The standard InChI is InChI=1S/C20H20NO3S3/c1-14-8-11-16(12-9-14)27(22,23)24-21(2)19-17-7-5-4-6-15(17)10-13-18(19)26-20(21)25-3/h4-13,20H,1-3H3/q+1. The third-order valence-corrected chi connectivity index (χ3v) is 8.92. The van der Waals surface area contributed by atoms with Gasteiger partial charge in [0.2, 0.25) is 4.71 Å². The van der Waals surface area contributed by atoms with E-state index in [1.54, 1.807) is 47.8 Å². The molecule has 1 heterocycles. The predicted molar refractivity (Wildman–Crippen MR) is 114 cm³/mol. The first-order chi connectivity index (χ1) is 12.8. The second kappa shape index (κ2) is 6.83. The van der Waals surface area contributed by atoms with Crippen LogP contribution in [0.5, 0.6) is 0 Å². The Morgan fingerprint density at radius 2 is 1.74 bits per heavy atom. The summed E-state index contributed by atoms with van der Waals surface area (Å²) in [5, 5.41) is 2.08. The van der Waals surface area contributed by atoms with Crippen molar-refractivity contribution in [2.45, 2.75) is 21.4 Å². The van der Waals surface area contributed by atoms with E-state index < -0.39 is 10.1 Å². The van der Waals surface area contributed by atoms with Crippen LogP contribution in [0.25, 0.3) is 10.8 Å². The highest BCUT2D eigenvalue weighted by molar-refractivity contribution is 8.17. The van der Waals surface area contributed by atoms with Crippen molar-refractivity contribution in [2.24, 2.45) is 0 Å². The van der Waals surface area contributed by atoms with E-state index in [0.29, 0.717) is 0 Å². The third kappa shape index (κ3) is 3.17. The molecule has 0 spiro atoms. The van der Waals surface area contributed by atoms with Crippen LogP contribution in [0, 0.1) is 6.92 Å². The quantitative estimate of drug-likeness (QED) is 0.548. The van der Waals surface area contributed by atoms with Crippen LogP contribution in [0.15, 0.2) is 70.5 Å². The maximum atomic E-state index is 13.1. The molecule has 0 aliphatic carbocycles. The van der Waals surface area contributed by atoms with E-state index >= 15 is 0 Å². The Morgan fingerprint density at radius 1 is 1.04 bits per heavy atom. The minimum atomic E-state index is -3.93. The van der Waals surface area contributed by atoms with Crippen LogP contribution >= 0.6 is 23.5 Å². The molecule has 2 unspecified atom stereocenters. The van der Waals surface area contributed by atoms with E-state index in [9.17, 15) is 8.42 Å². The van der Waals surface area contributed by atoms with Gasteiger partial charge in [0.25, 0.3) is 0 Å². The third-order valence-electron chi connectivity index (χ3n) is 4.70. The van der Waals surface area contributed by atoms with Gasteiger partial charge < -0.3 is 0 Å². The topological polar surface area (TPSA) is 43.4 Å². The van der Waals surface area contributed by atoms with Gasteiger partial charge >= 0.3 is 10.1 Å². The van der Waals surface area contributed by atoms with Crippen LogP contribution < -0.4 is 4.65 Å². The Hall–Kier alpha value is -1.51. The second-order valence-corrected chi connectivity index (χ2v) is 10.5. The van der Waals surface area contributed by atoms with Gasteiger partial charge in [0.15, 0.2) is 5.69 Å². The number of benzene rings is 3. The van der Waals surface area contributed by atoms with Crippen LogP contribution in [0.2, 0.25) is 0 Å². The monoisotopic (exact) mass is 418 g/mol. The lowest BCUT2D eigenvalue weighted by Gasteiger charge is -2.30. The zero-order valence-corrected chi connectivity index (χ0v) is 17.7. The number of thioether (sulfide) groups is 2. The number of hydroxylamine groups is 2. The van der Waals surface area contributed by atoms with Gasteiger partial charge in [-0.3, -0.25) is 0 Å². The molecule has 1 aliphatic heterocycles. The minimum Gasteiger partial charge on any atom is -0.189 e. The average molecular weight is 419 g/mol. The fraction of sp³-hybridized carbons (Fsp3) is 0.200. The van der Waals surface area contributed by atoms with E-state index in [-0.39, 0.29) is 14.2 Å². The fourth-order valence-electron chi connectivity index (χ4n) is 3.38. The van der Waals surface area contributed by atoms with E-state index in [4.69, 9.17) is 4.28 Å². The summed E-state index contributed by atoms with van der Waals surface area (Å²) >= 11 is 3.23. The lowest BCUT2D eigenvalue weighted by Crippen LogP contribution is -2.49. The van der Waals surface area contributed by atoms with Gasteiger partial charge in [-0.2, -0.15) is 8.42 Å². The molecular weight excluding hydrogens is 398 g/mol. The van der Waals surface area contributed by atoms with Crippen molar-refractivity contribution in [3.8, 4) is 0 Å². The molecule has 0 N–H and O–H groups in total. The van der Waals surface area contributed by atoms with Crippen molar-refractivity contribution in [1.82, 2.24) is 4.65 Å². The van der Waals surface area contributed by atoms with Crippen molar-refractivity contribution in [1.29, 1.82) is 0 Å². The summed E-state index contributed by atoms with van der Waals surface area (Å²) in [6.07, 6.45) is 1.98. The summed E-state index contributed by atoms with van der Waals surface area (Å²) in [5.41, 5.74) is 1.90. The smallest absolute Gasteiger partial charge is 0.189 e. The van der Waals surface area contributed by atoms with Gasteiger partial charge in [-0.25, -0.2) is 0 Å². The van der Waals surface area contributed by atoms with Gasteiger partial charge in [-0.1, -0.05) is 58.0 Å². The maximum absolute atomic E-state index is 13.1. The minimum absolute atomic E-state index is 0.119. The number of fused-ring (bicyclic) bond motifs is 3. The summed E-state index contributed by atoms with van der Waals surface area (Å²) in [5.74, 6) is 0. The van der Waals surface area contributed by atoms with E-state index in [2.05, 4.69) is 12.1 Å². The van der Waals surface area contributed by atoms with Gasteiger partial charge in [-0.15, -0.1) is 4.65 Å². The molecule has 2 atom stereocenters. The molecule has 3 aromatic rings. The molecule has 4 nitrogen and oxygen atoms in total. The van der Waals surface area contributed by atoms with Gasteiger partial charge in [0.1, 0.15) is 7.05 Å². The molecule has 0 aromatic heterocycles. The first-order valence-corrected chi connectivity index (χ1v) is 12.0. The zero-order valence-electron chi connectivity index (χ0n) is 15.2. The molecule has 0 radical (unpaired) electrons. The van der Waals surface area contributed by atoms with Crippen LogP contribution in [-0.4, -0.2) is 26.4 Å². The molecule has 140 valence electrons. The summed E-state index contributed by atoms with van der Waals surface area (Å²) in [6.45, 7) is 1.92. The lowest BCUT2D eigenvalue weighted by atomic mass is 10.1. The SMILES string of the molecule is CSC1Sc2ccc3ccccc3c2[N+]1(C)OS(=O)(=O)c1ccc(C)cc1. The van der Waals surface area contributed by atoms with Crippen molar-refractivity contribution in [3.63, 3.8) is 0 Å². The number of hydrogen-bond donors (Lipinski definition) is 0. The molecule has 1 aliphatic rings. The number of rotatable bonds is 4. The fourth-order valence-corrected chi connectivity index (χ4v) is 6.97. The summed E-state index contributed by atoms with van der Waals surface area (Å²) < 4.78 is 31.8. The second-order valence-electron chi connectivity index (χ2n) is 6.63. The largest absolute Gasteiger partial charge is 0.343 e. The first-order valence-electron chi connectivity index (χ1n) is 8.46. The van der Waals surface area contributed by atoms with E-state index in [1.165, 1.54) is 0 Å². The molecule has 3 aromatic carbocycles. The summed E-state index contributed by atoms with van der Waals surface area (Å²) in [4.78, 5) is 1.22. The molecule has 0 saturated heterocycles. The molecular formula is C20H20NO3S3+. The lowest BCUT2D eigenvalue weighted by molar-refractivity contribution is -0.000634. The van der Waals surface area contributed by atoms with Crippen LogP contribution in [0.4, 0.5) is 5.69 Å². The predicted octanol–water partition coefficient (Wildman–Crippen LogP) is 5.16. The first kappa shape index (κ1) is 18.8. The molecule has 0 bridgehead atoms. The van der Waals surface area contributed by atoms with Crippen molar-refractivity contribution >= 4 is 50.1 Å². The highest BCUT2D eigenvalue weighted by Gasteiger charge is 2.51. The highest BCUT2D eigenvalue weighted by Crippen LogP contribution is 2.54. The van der Waals surface area contributed by atoms with Crippen LogP contribution in [-0.2, 0) is 14.4 Å². The molecule has 4 rings (SSSR count). The summed E-state index contributed by atoms with van der Waals surface area (Å²) in [7, 11) is -2.10. The molecule has 0 saturated carbocycles. The Balaban J connectivity index is 1.86. The van der Waals surface area contributed by atoms with Crippen LogP contribution in [0.1, 0.15) is 5.56 Å². The Morgan fingerprint density at radius 3 is 2.44 bits per heavy atom. The number of quaternary nitrogens is 1. The number of nitrogens with zero attached hydrogens (tertiary/aromatic N) is 1. The zero-order chi connectivity index (χ0) is 19.2. The van der Waals surface area contributed by atoms with E-state index in [1.807, 2.05) is 44.5 Å². The normalized spacial score (nSPS) is 22.1. The van der Waals surface area contributed by atoms with Crippen molar-refractivity contribution in [3.05, 3.63) is 66.2 Å². The van der Waals surface area contributed by atoms with Gasteiger partial charge in [0, 0.05) is 5.39 Å². The molecule has 0 fully saturated rings. The number of aryl methyl sites for hydroxylation is 1. The Labute approximate surface area is 168 Å². The van der Waals surface area contributed by atoms with Crippen LogP contribution in [0.3, 0.4) is 0 Å². The average Bonchev–Trinajstić information content (AvgIpc) is 2.93. The van der Waals surface area contributed by atoms with Crippen molar-refractivity contribution < 1.29 is 12.7 Å².